The second-order valence-corrected chi connectivity index (χ2v) is 9.29. The number of hydrogen-bond donors (Lipinski definition) is 6. The van der Waals surface area contributed by atoms with E-state index in [2.05, 4.69) is 19.4 Å². The zero-order valence-corrected chi connectivity index (χ0v) is 18.6. The molecule has 32 heavy (non-hydrogen) atoms. The molecular formula is C19H31N7O5S. The van der Waals surface area contributed by atoms with E-state index in [9.17, 15) is 22.8 Å². The molecule has 13 heteroatoms. The Morgan fingerprint density at radius 3 is 2.53 bits per heavy atom. The number of nitrogens with two attached hydrogens (primary N) is 3. The van der Waals surface area contributed by atoms with E-state index in [-0.39, 0.29) is 42.8 Å². The van der Waals surface area contributed by atoms with Gasteiger partial charge in [0.25, 0.3) is 15.8 Å². The number of ketones is 1. The van der Waals surface area contributed by atoms with Gasteiger partial charge in [-0.05, 0) is 31.4 Å². The van der Waals surface area contributed by atoms with Gasteiger partial charge < -0.3 is 27.0 Å². The van der Waals surface area contributed by atoms with E-state index in [1.165, 1.54) is 12.1 Å². The summed E-state index contributed by atoms with van der Waals surface area (Å²) in [5.41, 5.74) is 15.7. The molecule has 0 radical (unpaired) electrons. The van der Waals surface area contributed by atoms with E-state index < -0.39 is 33.5 Å². The van der Waals surface area contributed by atoms with Gasteiger partial charge in [0, 0.05) is 30.5 Å². The molecule has 1 aliphatic carbocycles. The Hall–Kier alpha value is -2.77. The van der Waals surface area contributed by atoms with Crippen molar-refractivity contribution in [3.8, 4) is 0 Å². The third-order valence-corrected chi connectivity index (χ3v) is 6.43. The number of Topliss-reactive ketones (excluding diaryl/α,β-unsaturated/α-hetero) is 1. The van der Waals surface area contributed by atoms with Crippen molar-refractivity contribution in [2.75, 3.05) is 11.3 Å². The zero-order valence-electron chi connectivity index (χ0n) is 17.7. The Morgan fingerprint density at radius 2 is 1.94 bits per heavy atom. The third kappa shape index (κ3) is 8.05. The molecule has 1 fully saturated rings. The molecule has 1 aromatic rings. The third-order valence-electron chi connectivity index (χ3n) is 5.30. The molecule has 9 N–H and O–H groups in total. The molecule has 2 atom stereocenters. The van der Waals surface area contributed by atoms with Crippen LogP contribution in [0.5, 0.6) is 0 Å². The van der Waals surface area contributed by atoms with Crippen LogP contribution in [0.3, 0.4) is 0 Å². The highest BCUT2D eigenvalue weighted by molar-refractivity contribution is 7.90. The topological polar surface area (TPSA) is 216 Å². The molecule has 0 aliphatic heterocycles. The van der Waals surface area contributed by atoms with Gasteiger partial charge in [0.2, 0.25) is 0 Å². The Morgan fingerprint density at radius 1 is 1.25 bits per heavy atom. The fourth-order valence-electron chi connectivity index (χ4n) is 3.63. The van der Waals surface area contributed by atoms with Gasteiger partial charge in [0.05, 0.1) is 6.04 Å². The van der Waals surface area contributed by atoms with Crippen LogP contribution in [0.15, 0.2) is 21.9 Å². The lowest BCUT2D eigenvalue weighted by Crippen LogP contribution is -2.40. The first-order valence-corrected chi connectivity index (χ1v) is 11.9. The van der Waals surface area contributed by atoms with Crippen LogP contribution < -0.4 is 32.2 Å². The fourth-order valence-corrected chi connectivity index (χ4v) is 4.77. The summed E-state index contributed by atoms with van der Waals surface area (Å²) in [5.74, 6) is -1.46. The maximum atomic E-state index is 12.7. The van der Waals surface area contributed by atoms with E-state index in [4.69, 9.17) is 17.2 Å². The first-order valence-electron chi connectivity index (χ1n) is 10.4. The molecular weight excluding hydrogens is 438 g/mol. The summed E-state index contributed by atoms with van der Waals surface area (Å²) >= 11 is 0. The highest BCUT2D eigenvalue weighted by Crippen LogP contribution is 2.18. The summed E-state index contributed by atoms with van der Waals surface area (Å²) < 4.78 is 29.5. The van der Waals surface area contributed by atoms with E-state index in [0.717, 1.165) is 32.1 Å². The number of nitrogens with zero attached hydrogens (tertiary/aromatic N) is 1. The maximum Gasteiger partial charge on any atom is 0.300 e. The van der Waals surface area contributed by atoms with Crippen LogP contribution in [0.25, 0.3) is 0 Å². The summed E-state index contributed by atoms with van der Waals surface area (Å²) in [6.07, 6.45) is 4.87. The number of aldehydes is 1. The van der Waals surface area contributed by atoms with Crippen molar-refractivity contribution in [1.29, 1.82) is 0 Å². The molecule has 0 spiro atoms. The van der Waals surface area contributed by atoms with Crippen LogP contribution in [-0.2, 0) is 26.2 Å². The lowest BCUT2D eigenvalue weighted by molar-refractivity contribution is -0.125. The molecule has 0 aromatic carbocycles. The summed E-state index contributed by atoms with van der Waals surface area (Å²) in [4.78, 5) is 42.3. The predicted octanol–water partition coefficient (Wildman–Crippen LogP) is -1.13. The van der Waals surface area contributed by atoms with Gasteiger partial charge in [-0.1, -0.05) is 19.3 Å². The minimum absolute atomic E-state index is 0.0246. The smallest absolute Gasteiger partial charge is 0.300 e. The lowest BCUT2D eigenvalue weighted by atomic mass is 9.89. The van der Waals surface area contributed by atoms with Crippen molar-refractivity contribution in [1.82, 2.24) is 9.71 Å². The monoisotopic (exact) mass is 469 g/mol. The Bertz CT molecular complexity index is 982. The molecule has 12 nitrogen and oxygen atoms in total. The number of H-pyrrole nitrogens is 1. The van der Waals surface area contributed by atoms with Crippen molar-refractivity contribution in [3.63, 3.8) is 0 Å². The van der Waals surface area contributed by atoms with Gasteiger partial charge in [-0.25, -0.2) is 0 Å². The van der Waals surface area contributed by atoms with Gasteiger partial charge in [0.1, 0.15) is 17.9 Å². The average molecular weight is 470 g/mol. The van der Waals surface area contributed by atoms with Crippen LogP contribution in [-0.4, -0.2) is 50.1 Å². The highest BCUT2D eigenvalue weighted by Gasteiger charge is 2.26. The number of hydrogen-bond acceptors (Lipinski definition) is 7. The highest BCUT2D eigenvalue weighted by atomic mass is 32.2. The Kier molecular flexibility index (Phi) is 9.35. The SMILES string of the molecule is NC(N)=NCCC(C(=O)Cc1ccc(NS(=O)(=O)NC2CCCCC2)[nH]c1=O)[C@H](N)C=O. The van der Waals surface area contributed by atoms with Crippen LogP contribution in [0.4, 0.5) is 5.82 Å². The first kappa shape index (κ1) is 25.5. The number of rotatable bonds is 12. The first-order chi connectivity index (χ1) is 15.1. The minimum Gasteiger partial charge on any atom is -0.370 e. The second-order valence-electron chi connectivity index (χ2n) is 7.84. The summed E-state index contributed by atoms with van der Waals surface area (Å²) in [6, 6.07) is 1.52. The standard InChI is InChI=1S/C19H31N7O5S/c20-15(11-27)14(8-9-23-19(21)22)16(28)10-12-6-7-17(24-18(12)29)26-32(30,31)25-13-4-2-1-3-5-13/h6-7,11,13-15,25H,1-5,8-10,20H2,(H4,21,22,23)(H2,24,26,29)/t14?,15-/m1/s1. The number of pyridine rings is 1. The predicted molar refractivity (Wildman–Crippen MR) is 121 cm³/mol. The molecule has 1 aromatic heterocycles. The van der Waals surface area contributed by atoms with Gasteiger partial charge in [-0.2, -0.15) is 13.1 Å². The van der Waals surface area contributed by atoms with E-state index in [1.807, 2.05) is 0 Å². The van der Waals surface area contributed by atoms with Crippen molar-refractivity contribution in [2.45, 2.75) is 57.0 Å². The number of nitrogens with one attached hydrogen (secondary N) is 3. The quantitative estimate of drug-likeness (QED) is 0.125. The lowest BCUT2D eigenvalue weighted by Gasteiger charge is -2.22. The van der Waals surface area contributed by atoms with Crippen LogP contribution in [0.2, 0.25) is 0 Å². The number of aliphatic imine (C=N–C) groups is 1. The van der Waals surface area contributed by atoms with Crippen LogP contribution in [0, 0.1) is 5.92 Å². The number of anilines is 1. The van der Waals surface area contributed by atoms with E-state index >= 15 is 0 Å². The van der Waals surface area contributed by atoms with E-state index in [0.29, 0.717) is 6.29 Å². The fraction of sp³-hybridized carbons (Fsp3) is 0.579. The number of carbonyl (C=O) groups excluding carboxylic acids is 2. The average Bonchev–Trinajstić information content (AvgIpc) is 2.72. The Balaban J connectivity index is 2.04. The number of carbonyl (C=O) groups is 2. The Labute approximate surface area is 186 Å². The molecule has 1 heterocycles. The van der Waals surface area contributed by atoms with Crippen molar-refractivity contribution >= 4 is 34.1 Å². The van der Waals surface area contributed by atoms with Crippen molar-refractivity contribution in [2.24, 2.45) is 28.1 Å². The normalized spacial score (nSPS) is 16.7. The molecule has 0 amide bonds. The number of aromatic nitrogens is 1. The molecule has 1 saturated carbocycles. The second kappa shape index (κ2) is 11.7. The zero-order chi connectivity index (χ0) is 23.7. The largest absolute Gasteiger partial charge is 0.370 e. The summed E-state index contributed by atoms with van der Waals surface area (Å²) in [7, 11) is -3.86. The maximum absolute atomic E-state index is 12.7. The van der Waals surface area contributed by atoms with Gasteiger partial charge in [-0.15, -0.1) is 0 Å². The van der Waals surface area contributed by atoms with Crippen molar-refractivity contribution in [3.05, 3.63) is 28.0 Å². The molecule has 1 unspecified atom stereocenters. The molecule has 2 rings (SSSR count). The van der Waals surface area contributed by atoms with Gasteiger partial charge >= 0.3 is 0 Å². The van der Waals surface area contributed by atoms with Crippen LogP contribution >= 0.6 is 0 Å². The molecule has 0 bridgehead atoms. The van der Waals surface area contributed by atoms with Gasteiger partial charge in [-0.3, -0.25) is 19.3 Å². The minimum atomic E-state index is -3.86. The summed E-state index contributed by atoms with van der Waals surface area (Å²) in [5, 5.41) is 0. The molecule has 1 aliphatic rings. The number of aromatic amines is 1. The molecule has 0 saturated heterocycles. The molecule has 178 valence electrons. The number of guanidine groups is 1. The summed E-state index contributed by atoms with van der Waals surface area (Å²) in [6.45, 7) is 0.103. The van der Waals surface area contributed by atoms with Crippen LogP contribution in [0.1, 0.15) is 44.1 Å². The van der Waals surface area contributed by atoms with E-state index in [1.54, 1.807) is 0 Å². The van der Waals surface area contributed by atoms with Gasteiger partial charge in [0.15, 0.2) is 5.96 Å². The van der Waals surface area contributed by atoms with Crippen molar-refractivity contribution < 1.29 is 18.0 Å².